The van der Waals surface area contributed by atoms with Crippen LogP contribution in [-0.2, 0) is 9.47 Å². The molecule has 1 unspecified atom stereocenters. The molecule has 1 rings (SSSR count). The zero-order valence-corrected chi connectivity index (χ0v) is 12.1. The Balaban J connectivity index is 2.92. The van der Waals surface area contributed by atoms with Crippen molar-refractivity contribution in [2.24, 2.45) is 5.73 Å². The first-order valence-corrected chi connectivity index (χ1v) is 6.57. The molecule has 0 aromatic heterocycles. The van der Waals surface area contributed by atoms with Crippen LogP contribution in [0.25, 0.3) is 0 Å². The molecule has 0 aliphatic carbocycles. The van der Waals surface area contributed by atoms with Gasteiger partial charge in [0.2, 0.25) is 0 Å². The van der Waals surface area contributed by atoms with E-state index in [4.69, 9.17) is 15.2 Å². The van der Waals surface area contributed by atoms with Gasteiger partial charge >= 0.3 is 0 Å². The SMILES string of the molecule is COCCN(CCOC)C(CN)c1ccc(O)cc1O. The van der Waals surface area contributed by atoms with Gasteiger partial charge in [-0.1, -0.05) is 6.07 Å². The third-order valence-corrected chi connectivity index (χ3v) is 3.20. The van der Waals surface area contributed by atoms with Crippen molar-refractivity contribution in [2.45, 2.75) is 6.04 Å². The number of benzene rings is 1. The van der Waals surface area contributed by atoms with Crippen LogP contribution >= 0.6 is 0 Å². The van der Waals surface area contributed by atoms with Gasteiger partial charge in [-0.15, -0.1) is 0 Å². The maximum atomic E-state index is 9.99. The summed E-state index contributed by atoms with van der Waals surface area (Å²) in [5.41, 5.74) is 6.55. The quantitative estimate of drug-likeness (QED) is 0.618. The minimum absolute atomic E-state index is 0.0300. The van der Waals surface area contributed by atoms with Gasteiger partial charge in [-0.25, -0.2) is 0 Å². The maximum Gasteiger partial charge on any atom is 0.124 e. The largest absolute Gasteiger partial charge is 0.508 e. The van der Waals surface area contributed by atoms with Gasteiger partial charge in [-0.05, 0) is 6.07 Å². The van der Waals surface area contributed by atoms with Crippen molar-refractivity contribution in [2.75, 3.05) is 47.1 Å². The minimum Gasteiger partial charge on any atom is -0.508 e. The lowest BCUT2D eigenvalue weighted by Crippen LogP contribution is -2.38. The van der Waals surface area contributed by atoms with E-state index in [9.17, 15) is 10.2 Å². The average molecular weight is 284 g/mol. The summed E-state index contributed by atoms with van der Waals surface area (Å²) >= 11 is 0. The lowest BCUT2D eigenvalue weighted by molar-refractivity contribution is 0.0883. The van der Waals surface area contributed by atoms with Crippen LogP contribution in [-0.4, -0.2) is 62.2 Å². The molecule has 0 bridgehead atoms. The van der Waals surface area contributed by atoms with E-state index in [0.29, 0.717) is 38.4 Å². The highest BCUT2D eigenvalue weighted by Gasteiger charge is 2.21. The van der Waals surface area contributed by atoms with Crippen molar-refractivity contribution < 1.29 is 19.7 Å². The summed E-state index contributed by atoms with van der Waals surface area (Å²) in [4.78, 5) is 2.10. The van der Waals surface area contributed by atoms with Crippen LogP contribution in [0.1, 0.15) is 11.6 Å². The van der Waals surface area contributed by atoms with Gasteiger partial charge in [0, 0.05) is 45.5 Å². The number of rotatable bonds is 9. The fraction of sp³-hybridized carbons (Fsp3) is 0.571. The maximum absolute atomic E-state index is 9.99. The number of phenols is 2. The van der Waals surface area contributed by atoms with E-state index in [1.807, 2.05) is 0 Å². The molecule has 1 aromatic rings. The first-order chi connectivity index (χ1) is 9.63. The highest BCUT2D eigenvalue weighted by atomic mass is 16.5. The van der Waals surface area contributed by atoms with Gasteiger partial charge in [0.25, 0.3) is 0 Å². The van der Waals surface area contributed by atoms with Gasteiger partial charge in [0.1, 0.15) is 11.5 Å². The average Bonchev–Trinajstić information content (AvgIpc) is 2.43. The molecule has 6 heteroatoms. The van der Waals surface area contributed by atoms with Gasteiger partial charge in [-0.2, -0.15) is 0 Å². The summed E-state index contributed by atoms with van der Waals surface area (Å²) in [5.74, 6) is 0.0719. The summed E-state index contributed by atoms with van der Waals surface area (Å²) in [6.45, 7) is 2.86. The molecule has 1 aromatic carbocycles. The Morgan fingerprint density at radius 2 is 1.75 bits per heavy atom. The van der Waals surface area contributed by atoms with Crippen LogP contribution in [0.3, 0.4) is 0 Å². The van der Waals surface area contributed by atoms with E-state index in [2.05, 4.69) is 4.90 Å². The number of aromatic hydroxyl groups is 2. The number of methoxy groups -OCH3 is 2. The molecule has 0 aliphatic heterocycles. The summed E-state index contributed by atoms with van der Waals surface area (Å²) in [6, 6.07) is 4.40. The zero-order valence-electron chi connectivity index (χ0n) is 12.1. The van der Waals surface area contributed by atoms with E-state index in [1.54, 1.807) is 26.4 Å². The van der Waals surface area contributed by atoms with E-state index < -0.39 is 0 Å². The van der Waals surface area contributed by atoms with Crippen molar-refractivity contribution in [1.29, 1.82) is 0 Å². The first kappa shape index (κ1) is 16.7. The predicted octanol–water partition coefficient (Wildman–Crippen LogP) is 0.692. The molecule has 20 heavy (non-hydrogen) atoms. The summed E-state index contributed by atoms with van der Waals surface area (Å²) in [6.07, 6.45) is 0. The Labute approximate surface area is 119 Å². The van der Waals surface area contributed by atoms with Crippen molar-refractivity contribution >= 4 is 0 Å². The standard InChI is InChI=1S/C14H24N2O4/c1-19-7-5-16(6-8-20-2)13(10-15)12-4-3-11(17)9-14(12)18/h3-4,9,13,17-18H,5-8,10,15H2,1-2H3. The Morgan fingerprint density at radius 3 is 2.20 bits per heavy atom. The molecule has 6 nitrogen and oxygen atoms in total. The van der Waals surface area contributed by atoms with E-state index in [1.165, 1.54) is 6.07 Å². The minimum atomic E-state index is -0.152. The molecule has 0 aliphatic rings. The highest BCUT2D eigenvalue weighted by molar-refractivity contribution is 5.41. The number of hydrogen-bond donors (Lipinski definition) is 3. The summed E-state index contributed by atoms with van der Waals surface area (Å²) < 4.78 is 10.2. The molecule has 0 fully saturated rings. The van der Waals surface area contributed by atoms with Crippen LogP contribution in [0.2, 0.25) is 0 Å². The fourth-order valence-electron chi connectivity index (χ4n) is 2.13. The Bertz CT molecular complexity index is 393. The van der Waals surface area contributed by atoms with Crippen LogP contribution in [0.4, 0.5) is 0 Å². The van der Waals surface area contributed by atoms with Crippen molar-refractivity contribution in [3.8, 4) is 11.5 Å². The number of nitrogens with two attached hydrogens (primary N) is 1. The van der Waals surface area contributed by atoms with Gasteiger partial charge < -0.3 is 25.4 Å². The second-order valence-electron chi connectivity index (χ2n) is 4.52. The second-order valence-corrected chi connectivity index (χ2v) is 4.52. The van der Waals surface area contributed by atoms with Gasteiger partial charge in [0.05, 0.1) is 19.3 Å². The van der Waals surface area contributed by atoms with E-state index in [-0.39, 0.29) is 17.5 Å². The van der Waals surface area contributed by atoms with E-state index >= 15 is 0 Å². The third kappa shape index (κ3) is 4.64. The Morgan fingerprint density at radius 1 is 1.15 bits per heavy atom. The smallest absolute Gasteiger partial charge is 0.124 e. The molecule has 0 spiro atoms. The van der Waals surface area contributed by atoms with E-state index in [0.717, 1.165) is 0 Å². The number of phenolic OH excluding ortho intramolecular Hbond substituents is 2. The molecule has 114 valence electrons. The van der Waals surface area contributed by atoms with Crippen molar-refractivity contribution in [3.05, 3.63) is 23.8 Å². The van der Waals surface area contributed by atoms with Crippen LogP contribution in [0.5, 0.6) is 11.5 Å². The summed E-state index contributed by atoms with van der Waals surface area (Å²) in [5, 5.41) is 19.4. The molecule has 0 heterocycles. The Hall–Kier alpha value is -1.34. The van der Waals surface area contributed by atoms with Crippen molar-refractivity contribution in [1.82, 2.24) is 4.90 Å². The number of nitrogens with zero attached hydrogens (tertiary/aromatic N) is 1. The third-order valence-electron chi connectivity index (χ3n) is 3.20. The fourth-order valence-corrected chi connectivity index (χ4v) is 2.13. The number of ether oxygens (including phenoxy) is 2. The Kier molecular flexibility index (Phi) is 7.32. The molecule has 4 N–H and O–H groups in total. The summed E-state index contributed by atoms with van der Waals surface area (Å²) in [7, 11) is 3.29. The molecule has 1 atom stereocenters. The van der Waals surface area contributed by atoms with Crippen LogP contribution in [0.15, 0.2) is 18.2 Å². The predicted molar refractivity (Wildman–Crippen MR) is 76.9 cm³/mol. The highest BCUT2D eigenvalue weighted by Crippen LogP contribution is 2.30. The molecule has 0 saturated carbocycles. The second kappa shape index (κ2) is 8.76. The lowest BCUT2D eigenvalue weighted by Gasteiger charge is -2.31. The van der Waals surface area contributed by atoms with Crippen molar-refractivity contribution in [3.63, 3.8) is 0 Å². The van der Waals surface area contributed by atoms with Crippen LogP contribution < -0.4 is 5.73 Å². The van der Waals surface area contributed by atoms with Gasteiger partial charge in [-0.3, -0.25) is 4.90 Å². The monoisotopic (exact) mass is 284 g/mol. The normalized spacial score (nSPS) is 12.8. The van der Waals surface area contributed by atoms with Crippen LogP contribution in [0, 0.1) is 0 Å². The lowest BCUT2D eigenvalue weighted by atomic mass is 10.0. The number of hydrogen-bond acceptors (Lipinski definition) is 6. The molecular formula is C14H24N2O4. The molecule has 0 amide bonds. The van der Waals surface area contributed by atoms with Gasteiger partial charge in [0.15, 0.2) is 0 Å². The molecular weight excluding hydrogens is 260 g/mol. The zero-order chi connectivity index (χ0) is 15.0. The molecule has 0 saturated heterocycles. The first-order valence-electron chi connectivity index (χ1n) is 6.57. The molecule has 0 radical (unpaired) electrons. The topological polar surface area (TPSA) is 88.2 Å².